The molecular formula is C24H26ClN3O3S2. The molecule has 0 radical (unpaired) electrons. The zero-order valence-corrected chi connectivity index (χ0v) is 21.0. The number of aromatic nitrogens is 1. The second-order valence-electron chi connectivity index (χ2n) is 8.22. The minimum absolute atomic E-state index is 0.151. The number of nitrogens with zero attached hydrogens (tertiary/aromatic N) is 2. The minimum atomic E-state index is -3.50. The molecule has 33 heavy (non-hydrogen) atoms. The number of thioether (sulfide) groups is 1. The maximum atomic E-state index is 13.0. The monoisotopic (exact) mass is 503 g/mol. The van der Waals surface area contributed by atoms with Crippen molar-refractivity contribution in [3.8, 4) is 0 Å². The number of hydrogen-bond acceptors (Lipinski definition) is 5. The summed E-state index contributed by atoms with van der Waals surface area (Å²) in [5.74, 6) is 0.0488. The van der Waals surface area contributed by atoms with Crippen LogP contribution in [0.5, 0.6) is 0 Å². The predicted molar refractivity (Wildman–Crippen MR) is 135 cm³/mol. The van der Waals surface area contributed by atoms with Crippen molar-refractivity contribution in [3.05, 3.63) is 58.6 Å². The van der Waals surface area contributed by atoms with Crippen LogP contribution < -0.4 is 5.32 Å². The summed E-state index contributed by atoms with van der Waals surface area (Å²) in [6.07, 6.45) is 2.88. The molecule has 1 aliphatic heterocycles. The summed E-state index contributed by atoms with van der Waals surface area (Å²) in [6, 6.07) is 12.4. The Hall–Kier alpha value is -2.13. The van der Waals surface area contributed by atoms with Crippen LogP contribution in [0.3, 0.4) is 0 Å². The fourth-order valence-electron chi connectivity index (χ4n) is 3.84. The second-order valence-corrected chi connectivity index (χ2v) is 11.6. The Balaban J connectivity index is 1.48. The summed E-state index contributed by atoms with van der Waals surface area (Å²) < 4.78 is 27.6. The van der Waals surface area contributed by atoms with Crippen LogP contribution in [0.15, 0.2) is 52.4 Å². The fraction of sp³-hybridized carbons (Fsp3) is 0.333. The smallest absolute Gasteiger partial charge is 0.243 e. The van der Waals surface area contributed by atoms with E-state index in [1.165, 1.54) is 11.8 Å². The molecule has 2 heterocycles. The number of carbonyl (C=O) groups excluding carboxylic acids is 1. The average molecular weight is 504 g/mol. The normalized spacial score (nSPS) is 15.0. The van der Waals surface area contributed by atoms with E-state index in [2.05, 4.69) is 10.3 Å². The van der Waals surface area contributed by atoms with Gasteiger partial charge >= 0.3 is 0 Å². The van der Waals surface area contributed by atoms with Gasteiger partial charge in [-0.25, -0.2) is 13.4 Å². The fourth-order valence-corrected chi connectivity index (χ4v) is 6.34. The van der Waals surface area contributed by atoms with Crippen molar-refractivity contribution in [2.45, 2.75) is 43.0 Å². The van der Waals surface area contributed by atoms with Gasteiger partial charge in [0.15, 0.2) is 0 Å². The second kappa shape index (κ2) is 10.0. The number of hydrogen-bond donors (Lipinski definition) is 1. The van der Waals surface area contributed by atoms with Gasteiger partial charge in [-0.3, -0.25) is 4.79 Å². The number of amides is 1. The molecule has 1 fully saturated rings. The number of benzene rings is 2. The molecule has 0 atom stereocenters. The Morgan fingerprint density at radius 3 is 2.55 bits per heavy atom. The molecule has 2 aromatic carbocycles. The number of halogens is 1. The molecule has 0 aliphatic carbocycles. The van der Waals surface area contributed by atoms with E-state index in [0.717, 1.165) is 35.8 Å². The summed E-state index contributed by atoms with van der Waals surface area (Å²) in [7, 11) is -3.50. The van der Waals surface area contributed by atoms with E-state index in [9.17, 15) is 13.2 Å². The van der Waals surface area contributed by atoms with Crippen LogP contribution in [0.4, 0.5) is 5.69 Å². The van der Waals surface area contributed by atoms with Crippen LogP contribution in [-0.2, 0) is 14.8 Å². The zero-order chi connectivity index (χ0) is 23.6. The van der Waals surface area contributed by atoms with Crippen molar-refractivity contribution in [2.75, 3.05) is 24.2 Å². The first-order valence-electron chi connectivity index (χ1n) is 10.8. The van der Waals surface area contributed by atoms with Gasteiger partial charge < -0.3 is 5.32 Å². The van der Waals surface area contributed by atoms with Crippen molar-refractivity contribution in [2.24, 2.45) is 0 Å². The molecule has 0 saturated carbocycles. The standard InChI is InChI=1S/C24H26ClN3O3S2/c1-16-6-7-18(13-21(16)25)26-23(29)15-32-24-12-17(2)20-14-19(8-9-22(20)27-24)33(30,31)28-10-4-3-5-11-28/h6-9,12-14H,3-5,10-11,15H2,1-2H3,(H,26,29). The molecular weight excluding hydrogens is 478 g/mol. The van der Waals surface area contributed by atoms with E-state index in [0.29, 0.717) is 39.2 Å². The van der Waals surface area contributed by atoms with Crippen molar-refractivity contribution in [1.82, 2.24) is 9.29 Å². The minimum Gasteiger partial charge on any atom is -0.325 e. The lowest BCUT2D eigenvalue weighted by molar-refractivity contribution is -0.113. The SMILES string of the molecule is Cc1ccc(NC(=O)CSc2cc(C)c3cc(S(=O)(=O)N4CCCCC4)ccc3n2)cc1Cl. The summed E-state index contributed by atoms with van der Waals surface area (Å²) in [5, 5.41) is 4.96. The number of anilines is 1. The van der Waals surface area contributed by atoms with Gasteiger partial charge in [0.25, 0.3) is 0 Å². The summed E-state index contributed by atoms with van der Waals surface area (Å²) in [6.45, 7) is 4.98. The van der Waals surface area contributed by atoms with Crippen LogP contribution in [-0.4, -0.2) is 42.5 Å². The molecule has 1 saturated heterocycles. The Morgan fingerprint density at radius 2 is 1.82 bits per heavy atom. The molecule has 6 nitrogen and oxygen atoms in total. The molecule has 9 heteroatoms. The number of rotatable bonds is 6. The quantitative estimate of drug-likeness (QED) is 0.455. The van der Waals surface area contributed by atoms with Gasteiger partial charge in [0.05, 0.1) is 21.2 Å². The van der Waals surface area contributed by atoms with E-state index in [1.807, 2.05) is 32.0 Å². The van der Waals surface area contributed by atoms with E-state index in [-0.39, 0.29) is 11.7 Å². The molecule has 174 valence electrons. The highest BCUT2D eigenvalue weighted by molar-refractivity contribution is 7.99. The lowest BCUT2D eigenvalue weighted by Gasteiger charge is -2.26. The van der Waals surface area contributed by atoms with Gasteiger partial charge in [0.2, 0.25) is 15.9 Å². The van der Waals surface area contributed by atoms with Crippen molar-refractivity contribution < 1.29 is 13.2 Å². The number of piperidine rings is 1. The number of fused-ring (bicyclic) bond motifs is 1. The zero-order valence-electron chi connectivity index (χ0n) is 18.6. The highest BCUT2D eigenvalue weighted by atomic mass is 35.5. The third-order valence-corrected chi connectivity index (χ3v) is 8.94. The summed E-state index contributed by atoms with van der Waals surface area (Å²) in [4.78, 5) is 17.3. The first kappa shape index (κ1) is 24.0. The van der Waals surface area contributed by atoms with E-state index in [1.54, 1.807) is 28.6 Å². The molecule has 1 aromatic heterocycles. The molecule has 0 bridgehead atoms. The molecule has 3 aromatic rings. The van der Waals surface area contributed by atoms with Gasteiger partial charge in [-0.2, -0.15) is 4.31 Å². The maximum absolute atomic E-state index is 13.0. The van der Waals surface area contributed by atoms with Crippen LogP contribution in [0.2, 0.25) is 5.02 Å². The Morgan fingerprint density at radius 1 is 1.06 bits per heavy atom. The van der Waals surface area contributed by atoms with Crippen molar-refractivity contribution in [1.29, 1.82) is 0 Å². The van der Waals surface area contributed by atoms with Gasteiger partial charge in [-0.15, -0.1) is 0 Å². The molecule has 0 unspecified atom stereocenters. The maximum Gasteiger partial charge on any atom is 0.243 e. The number of aryl methyl sites for hydroxylation is 2. The molecule has 4 rings (SSSR count). The van der Waals surface area contributed by atoms with E-state index < -0.39 is 10.0 Å². The Kier molecular flexibility index (Phi) is 7.28. The van der Waals surface area contributed by atoms with E-state index >= 15 is 0 Å². The number of carbonyl (C=O) groups is 1. The number of pyridine rings is 1. The highest BCUT2D eigenvalue weighted by Crippen LogP contribution is 2.28. The van der Waals surface area contributed by atoms with Crippen LogP contribution in [0, 0.1) is 13.8 Å². The highest BCUT2D eigenvalue weighted by Gasteiger charge is 2.26. The first-order valence-corrected chi connectivity index (χ1v) is 13.6. The topological polar surface area (TPSA) is 79.4 Å². The molecule has 1 N–H and O–H groups in total. The van der Waals surface area contributed by atoms with Crippen molar-refractivity contribution in [3.63, 3.8) is 0 Å². The summed E-state index contributed by atoms with van der Waals surface area (Å²) in [5.41, 5.74) is 3.23. The van der Waals surface area contributed by atoms with Gasteiger partial charge in [-0.1, -0.05) is 35.9 Å². The number of nitrogens with one attached hydrogen (secondary N) is 1. The lowest BCUT2D eigenvalue weighted by atomic mass is 10.1. The number of sulfonamides is 1. The predicted octanol–water partition coefficient (Wildman–Crippen LogP) is 5.41. The molecule has 0 spiro atoms. The van der Waals surface area contributed by atoms with Crippen LogP contribution in [0.25, 0.3) is 10.9 Å². The third-order valence-electron chi connectivity index (χ3n) is 5.72. The molecule has 1 amide bonds. The Labute approximate surface area is 203 Å². The largest absolute Gasteiger partial charge is 0.325 e. The lowest BCUT2D eigenvalue weighted by Crippen LogP contribution is -2.35. The first-order chi connectivity index (χ1) is 15.7. The average Bonchev–Trinajstić information content (AvgIpc) is 2.80. The van der Waals surface area contributed by atoms with Gasteiger partial charge in [-0.05, 0) is 74.2 Å². The molecule has 1 aliphatic rings. The van der Waals surface area contributed by atoms with Crippen LogP contribution in [0.1, 0.15) is 30.4 Å². The third kappa shape index (κ3) is 5.51. The van der Waals surface area contributed by atoms with Gasteiger partial charge in [0, 0.05) is 29.2 Å². The summed E-state index contributed by atoms with van der Waals surface area (Å²) >= 11 is 7.45. The van der Waals surface area contributed by atoms with Crippen LogP contribution >= 0.6 is 23.4 Å². The van der Waals surface area contributed by atoms with Crippen molar-refractivity contribution >= 4 is 55.9 Å². The van der Waals surface area contributed by atoms with E-state index in [4.69, 9.17) is 11.6 Å². The van der Waals surface area contributed by atoms with Gasteiger partial charge in [0.1, 0.15) is 0 Å². The Bertz CT molecular complexity index is 1310.